The zero-order valence-corrected chi connectivity index (χ0v) is 11.1. The fourth-order valence-electron chi connectivity index (χ4n) is 2.17. The molecule has 2 rings (SSSR count). The van der Waals surface area contributed by atoms with E-state index in [4.69, 9.17) is 11.6 Å². The number of hydrogen-bond donors (Lipinski definition) is 0. The highest BCUT2D eigenvalue weighted by atomic mass is 35.5. The quantitative estimate of drug-likeness (QED) is 0.612. The molecule has 1 aliphatic rings. The SMILES string of the molecule is Fc1ccccc1N1CCN(CC=CCCl)CC1. The van der Waals surface area contributed by atoms with Crippen molar-refractivity contribution in [2.24, 2.45) is 0 Å². The molecule has 18 heavy (non-hydrogen) atoms. The Bertz CT molecular complexity index is 401. The number of para-hydroxylation sites is 1. The lowest BCUT2D eigenvalue weighted by atomic mass is 10.2. The van der Waals surface area contributed by atoms with E-state index in [-0.39, 0.29) is 5.82 Å². The van der Waals surface area contributed by atoms with Crippen LogP contribution in [0.25, 0.3) is 0 Å². The maximum Gasteiger partial charge on any atom is 0.146 e. The third-order valence-corrected chi connectivity index (χ3v) is 3.36. The van der Waals surface area contributed by atoms with Gasteiger partial charge in [0.1, 0.15) is 5.82 Å². The lowest BCUT2D eigenvalue weighted by molar-refractivity contribution is 0.283. The van der Waals surface area contributed by atoms with E-state index in [2.05, 4.69) is 15.9 Å². The summed E-state index contributed by atoms with van der Waals surface area (Å²) in [4.78, 5) is 4.46. The minimum absolute atomic E-state index is 0.131. The Labute approximate surface area is 113 Å². The normalized spacial score (nSPS) is 17.6. The second-order valence-corrected chi connectivity index (χ2v) is 4.67. The summed E-state index contributed by atoms with van der Waals surface area (Å²) >= 11 is 5.58. The van der Waals surface area contributed by atoms with Gasteiger partial charge < -0.3 is 4.90 Å². The standard InChI is InChI=1S/C14H18ClFN2/c15-7-3-4-8-17-9-11-18(12-10-17)14-6-2-1-5-13(14)16/h1-6H,7-12H2. The summed E-state index contributed by atoms with van der Waals surface area (Å²) in [6, 6.07) is 6.98. The third-order valence-electron chi connectivity index (χ3n) is 3.18. The van der Waals surface area contributed by atoms with Crippen molar-refractivity contribution in [1.29, 1.82) is 0 Å². The van der Waals surface area contributed by atoms with E-state index in [1.165, 1.54) is 6.07 Å². The van der Waals surface area contributed by atoms with Crippen molar-refractivity contribution in [3.63, 3.8) is 0 Å². The first-order chi connectivity index (χ1) is 8.81. The summed E-state index contributed by atoms with van der Waals surface area (Å²) in [6.45, 7) is 4.59. The summed E-state index contributed by atoms with van der Waals surface area (Å²) in [6.07, 6.45) is 4.05. The Morgan fingerprint density at radius 1 is 1.11 bits per heavy atom. The second-order valence-electron chi connectivity index (χ2n) is 4.36. The molecule has 0 atom stereocenters. The van der Waals surface area contributed by atoms with Gasteiger partial charge in [-0.15, -0.1) is 11.6 Å². The van der Waals surface area contributed by atoms with Gasteiger partial charge in [-0.1, -0.05) is 24.3 Å². The third kappa shape index (κ3) is 3.47. The van der Waals surface area contributed by atoms with Gasteiger partial charge in [0.2, 0.25) is 0 Å². The predicted octanol–water partition coefficient (Wildman–Crippen LogP) is 2.74. The van der Waals surface area contributed by atoms with Crippen molar-refractivity contribution in [2.45, 2.75) is 0 Å². The summed E-state index contributed by atoms with van der Waals surface area (Å²) < 4.78 is 13.6. The molecule has 1 fully saturated rings. The zero-order chi connectivity index (χ0) is 12.8. The van der Waals surface area contributed by atoms with Gasteiger partial charge >= 0.3 is 0 Å². The molecule has 1 aliphatic heterocycles. The van der Waals surface area contributed by atoms with Gasteiger partial charge in [-0.25, -0.2) is 4.39 Å². The van der Waals surface area contributed by atoms with Crippen molar-refractivity contribution in [3.8, 4) is 0 Å². The number of nitrogens with zero attached hydrogens (tertiary/aromatic N) is 2. The first-order valence-corrected chi connectivity index (χ1v) is 6.77. The van der Waals surface area contributed by atoms with Crippen LogP contribution < -0.4 is 4.90 Å². The number of allylic oxidation sites excluding steroid dienone is 1. The smallest absolute Gasteiger partial charge is 0.146 e. The highest BCUT2D eigenvalue weighted by molar-refractivity contribution is 6.18. The van der Waals surface area contributed by atoms with Crippen LogP contribution in [0.15, 0.2) is 36.4 Å². The molecule has 0 saturated carbocycles. The van der Waals surface area contributed by atoms with Gasteiger partial charge in [0.15, 0.2) is 0 Å². The Morgan fingerprint density at radius 2 is 1.83 bits per heavy atom. The van der Waals surface area contributed by atoms with E-state index in [1.807, 2.05) is 18.2 Å². The average Bonchev–Trinajstić information content (AvgIpc) is 2.41. The average molecular weight is 269 g/mol. The molecule has 0 unspecified atom stereocenters. The van der Waals surface area contributed by atoms with Gasteiger partial charge in [0.05, 0.1) is 5.69 Å². The van der Waals surface area contributed by atoms with Gasteiger partial charge in [-0.3, -0.25) is 4.90 Å². The van der Waals surface area contributed by atoms with Crippen LogP contribution in [0.2, 0.25) is 0 Å². The summed E-state index contributed by atoms with van der Waals surface area (Å²) in [7, 11) is 0. The minimum Gasteiger partial charge on any atom is -0.367 e. The molecule has 0 radical (unpaired) electrons. The highest BCUT2D eigenvalue weighted by Crippen LogP contribution is 2.19. The maximum absolute atomic E-state index is 13.6. The van der Waals surface area contributed by atoms with Crippen LogP contribution in [0, 0.1) is 5.82 Å². The minimum atomic E-state index is -0.131. The van der Waals surface area contributed by atoms with E-state index in [0.29, 0.717) is 11.6 Å². The lowest BCUT2D eigenvalue weighted by Crippen LogP contribution is -2.46. The molecule has 1 heterocycles. The van der Waals surface area contributed by atoms with Crippen LogP contribution >= 0.6 is 11.6 Å². The van der Waals surface area contributed by atoms with Gasteiger partial charge in [-0.2, -0.15) is 0 Å². The van der Waals surface area contributed by atoms with Crippen molar-refractivity contribution in [2.75, 3.05) is 43.5 Å². The molecule has 0 bridgehead atoms. The largest absolute Gasteiger partial charge is 0.367 e. The van der Waals surface area contributed by atoms with Gasteiger partial charge in [0, 0.05) is 38.6 Å². The molecular weight excluding hydrogens is 251 g/mol. The number of benzene rings is 1. The van der Waals surface area contributed by atoms with Crippen LogP contribution in [0.4, 0.5) is 10.1 Å². The molecule has 0 N–H and O–H groups in total. The van der Waals surface area contributed by atoms with Crippen molar-refractivity contribution in [3.05, 3.63) is 42.2 Å². The summed E-state index contributed by atoms with van der Waals surface area (Å²) in [5, 5.41) is 0. The first-order valence-electron chi connectivity index (χ1n) is 6.24. The molecule has 0 spiro atoms. The molecule has 0 aliphatic carbocycles. The topological polar surface area (TPSA) is 6.48 Å². The van der Waals surface area contributed by atoms with E-state index in [0.717, 1.165) is 32.7 Å². The van der Waals surface area contributed by atoms with Crippen molar-refractivity contribution < 1.29 is 4.39 Å². The molecule has 0 aromatic heterocycles. The molecule has 1 aromatic rings. The first kappa shape index (κ1) is 13.4. The number of hydrogen-bond acceptors (Lipinski definition) is 2. The molecule has 1 aromatic carbocycles. The Hall–Kier alpha value is -1.06. The zero-order valence-electron chi connectivity index (χ0n) is 10.4. The van der Waals surface area contributed by atoms with Crippen molar-refractivity contribution >= 4 is 17.3 Å². The fourth-order valence-corrected chi connectivity index (χ4v) is 2.29. The number of halogens is 2. The summed E-state index contributed by atoms with van der Waals surface area (Å²) in [5.41, 5.74) is 0.716. The van der Waals surface area contributed by atoms with Crippen LogP contribution in [-0.4, -0.2) is 43.5 Å². The van der Waals surface area contributed by atoms with Crippen LogP contribution in [0.3, 0.4) is 0 Å². The van der Waals surface area contributed by atoms with Gasteiger partial charge in [0.25, 0.3) is 0 Å². The Balaban J connectivity index is 1.87. The van der Waals surface area contributed by atoms with E-state index < -0.39 is 0 Å². The molecule has 98 valence electrons. The van der Waals surface area contributed by atoms with E-state index in [1.54, 1.807) is 6.07 Å². The molecular formula is C14H18ClFN2. The Morgan fingerprint density at radius 3 is 2.50 bits per heavy atom. The number of anilines is 1. The molecule has 1 saturated heterocycles. The van der Waals surface area contributed by atoms with Crippen LogP contribution in [-0.2, 0) is 0 Å². The molecule has 2 nitrogen and oxygen atoms in total. The number of rotatable bonds is 4. The molecule has 0 amide bonds. The second kappa shape index (κ2) is 6.76. The van der Waals surface area contributed by atoms with Gasteiger partial charge in [-0.05, 0) is 12.1 Å². The van der Waals surface area contributed by atoms with E-state index >= 15 is 0 Å². The number of piperazine rings is 1. The summed E-state index contributed by atoms with van der Waals surface area (Å²) in [5.74, 6) is 0.433. The highest BCUT2D eigenvalue weighted by Gasteiger charge is 2.18. The number of alkyl halides is 1. The predicted molar refractivity (Wildman–Crippen MR) is 74.9 cm³/mol. The lowest BCUT2D eigenvalue weighted by Gasteiger charge is -2.35. The van der Waals surface area contributed by atoms with Crippen LogP contribution in [0.5, 0.6) is 0 Å². The van der Waals surface area contributed by atoms with E-state index in [9.17, 15) is 4.39 Å². The van der Waals surface area contributed by atoms with Crippen molar-refractivity contribution in [1.82, 2.24) is 4.90 Å². The maximum atomic E-state index is 13.6. The Kier molecular flexibility index (Phi) is 5.02. The fraction of sp³-hybridized carbons (Fsp3) is 0.429. The van der Waals surface area contributed by atoms with Crippen LogP contribution in [0.1, 0.15) is 0 Å². The molecule has 4 heteroatoms. The monoisotopic (exact) mass is 268 g/mol.